The molecule has 2 rings (SSSR count). The average Bonchev–Trinajstić information content (AvgIpc) is 3.10. The van der Waals surface area contributed by atoms with Gasteiger partial charge in [0.15, 0.2) is 5.96 Å². The van der Waals surface area contributed by atoms with Gasteiger partial charge in [0, 0.05) is 44.0 Å². The van der Waals surface area contributed by atoms with E-state index in [1.165, 1.54) is 10.4 Å². The maximum absolute atomic E-state index is 12.5. The third-order valence-electron chi connectivity index (χ3n) is 4.80. The SMILES string of the molecule is CCNC(=NCC(CC)CC)NCCC(=O)N1CCc2sccc2C1.I. The van der Waals surface area contributed by atoms with Gasteiger partial charge in [0.05, 0.1) is 0 Å². The van der Waals surface area contributed by atoms with Crippen LogP contribution in [0.15, 0.2) is 16.4 Å². The minimum Gasteiger partial charge on any atom is -0.357 e. The van der Waals surface area contributed by atoms with Crippen molar-refractivity contribution in [2.75, 3.05) is 26.2 Å². The fourth-order valence-corrected chi connectivity index (χ4v) is 3.91. The van der Waals surface area contributed by atoms with E-state index in [2.05, 4.69) is 47.8 Å². The zero-order valence-electron chi connectivity index (χ0n) is 16.2. The number of aliphatic imine (C=N–C) groups is 1. The number of hydrogen-bond donors (Lipinski definition) is 2. The van der Waals surface area contributed by atoms with Gasteiger partial charge < -0.3 is 15.5 Å². The number of nitrogens with zero attached hydrogens (tertiary/aromatic N) is 2. The normalized spacial score (nSPS) is 14.0. The van der Waals surface area contributed by atoms with E-state index in [-0.39, 0.29) is 29.9 Å². The second-order valence-corrected chi connectivity index (χ2v) is 7.51. The highest BCUT2D eigenvalue weighted by Gasteiger charge is 2.21. The molecule has 0 aliphatic carbocycles. The highest BCUT2D eigenvalue weighted by Crippen LogP contribution is 2.24. The van der Waals surface area contributed by atoms with Gasteiger partial charge in [-0.15, -0.1) is 35.3 Å². The molecule has 2 heterocycles. The van der Waals surface area contributed by atoms with E-state index in [4.69, 9.17) is 0 Å². The first-order chi connectivity index (χ1) is 12.2. The molecule has 5 nitrogen and oxygen atoms in total. The molecule has 148 valence electrons. The number of halogens is 1. The monoisotopic (exact) mass is 492 g/mol. The van der Waals surface area contributed by atoms with Crippen molar-refractivity contribution < 1.29 is 4.79 Å². The Kier molecular flexibility index (Phi) is 11.2. The second-order valence-electron chi connectivity index (χ2n) is 6.51. The number of fused-ring (bicyclic) bond motifs is 1. The molecule has 1 aliphatic heterocycles. The Morgan fingerprint density at radius 2 is 2.08 bits per heavy atom. The Morgan fingerprint density at radius 3 is 2.77 bits per heavy atom. The van der Waals surface area contributed by atoms with Crippen LogP contribution in [0.3, 0.4) is 0 Å². The quantitative estimate of drug-likeness (QED) is 0.331. The summed E-state index contributed by atoms with van der Waals surface area (Å²) in [7, 11) is 0. The number of carbonyl (C=O) groups is 1. The molecular formula is C19H33IN4OS. The summed E-state index contributed by atoms with van der Waals surface area (Å²) in [5, 5.41) is 8.69. The van der Waals surface area contributed by atoms with Gasteiger partial charge in [-0.2, -0.15) is 0 Å². The number of guanidine groups is 1. The summed E-state index contributed by atoms with van der Waals surface area (Å²) in [6.07, 6.45) is 3.80. The summed E-state index contributed by atoms with van der Waals surface area (Å²) in [5.74, 6) is 1.67. The standard InChI is InChI=1S/C19H32N4OS.HI/c1-4-15(5-2)13-22-19(20-6-3)21-10-7-18(24)23-11-8-17-16(14-23)9-12-25-17;/h9,12,15H,4-8,10-11,13-14H2,1-3H3,(H2,20,21,22);1H. The van der Waals surface area contributed by atoms with Crippen molar-refractivity contribution in [3.8, 4) is 0 Å². The van der Waals surface area contributed by atoms with Crippen LogP contribution in [0, 0.1) is 5.92 Å². The van der Waals surface area contributed by atoms with Crippen LogP contribution in [0.4, 0.5) is 0 Å². The molecule has 0 spiro atoms. The topological polar surface area (TPSA) is 56.7 Å². The average molecular weight is 492 g/mol. The first-order valence-corrected chi connectivity index (χ1v) is 10.4. The van der Waals surface area contributed by atoms with Gasteiger partial charge in [-0.3, -0.25) is 9.79 Å². The summed E-state index contributed by atoms with van der Waals surface area (Å²) in [4.78, 5) is 20.5. The molecular weight excluding hydrogens is 459 g/mol. The van der Waals surface area contributed by atoms with E-state index < -0.39 is 0 Å². The van der Waals surface area contributed by atoms with Crippen molar-refractivity contribution >= 4 is 47.2 Å². The first kappa shape index (κ1) is 23.2. The molecule has 0 atom stereocenters. The number of nitrogens with one attached hydrogen (secondary N) is 2. The summed E-state index contributed by atoms with van der Waals surface area (Å²) in [5.41, 5.74) is 1.32. The number of carbonyl (C=O) groups excluding carboxylic acids is 1. The van der Waals surface area contributed by atoms with Crippen LogP contribution in [0.25, 0.3) is 0 Å². The maximum Gasteiger partial charge on any atom is 0.224 e. The van der Waals surface area contributed by atoms with Crippen molar-refractivity contribution in [1.82, 2.24) is 15.5 Å². The third kappa shape index (κ3) is 7.06. The minimum absolute atomic E-state index is 0. The van der Waals surface area contributed by atoms with Crippen LogP contribution in [0.2, 0.25) is 0 Å². The minimum atomic E-state index is 0. The van der Waals surface area contributed by atoms with E-state index in [1.807, 2.05) is 4.90 Å². The Balaban J connectivity index is 0.00000338. The molecule has 0 fully saturated rings. The fourth-order valence-electron chi connectivity index (χ4n) is 3.02. The molecule has 0 saturated heterocycles. The predicted molar refractivity (Wildman–Crippen MR) is 122 cm³/mol. The molecule has 0 unspecified atom stereocenters. The van der Waals surface area contributed by atoms with Crippen LogP contribution in [0.5, 0.6) is 0 Å². The third-order valence-corrected chi connectivity index (χ3v) is 5.82. The molecule has 1 amide bonds. The van der Waals surface area contributed by atoms with Gasteiger partial charge in [0.1, 0.15) is 0 Å². The van der Waals surface area contributed by atoms with Gasteiger partial charge in [-0.05, 0) is 36.3 Å². The maximum atomic E-state index is 12.5. The molecule has 2 N–H and O–H groups in total. The Labute approximate surface area is 179 Å². The highest BCUT2D eigenvalue weighted by atomic mass is 127. The Morgan fingerprint density at radius 1 is 1.31 bits per heavy atom. The van der Waals surface area contributed by atoms with Crippen molar-refractivity contribution in [2.24, 2.45) is 10.9 Å². The zero-order chi connectivity index (χ0) is 18.1. The van der Waals surface area contributed by atoms with Crippen molar-refractivity contribution in [3.63, 3.8) is 0 Å². The van der Waals surface area contributed by atoms with E-state index >= 15 is 0 Å². The summed E-state index contributed by atoms with van der Waals surface area (Å²) in [6, 6.07) is 2.14. The van der Waals surface area contributed by atoms with E-state index in [9.17, 15) is 4.79 Å². The van der Waals surface area contributed by atoms with Gasteiger partial charge in [0.25, 0.3) is 0 Å². The number of hydrogen-bond acceptors (Lipinski definition) is 3. The molecule has 0 aromatic carbocycles. The van der Waals surface area contributed by atoms with Crippen molar-refractivity contribution in [2.45, 2.75) is 53.0 Å². The molecule has 0 bridgehead atoms. The van der Waals surface area contributed by atoms with Gasteiger partial charge >= 0.3 is 0 Å². The predicted octanol–water partition coefficient (Wildman–Crippen LogP) is 3.63. The molecule has 26 heavy (non-hydrogen) atoms. The van der Waals surface area contributed by atoms with Gasteiger partial charge in [-0.25, -0.2) is 0 Å². The molecule has 0 radical (unpaired) electrons. The zero-order valence-corrected chi connectivity index (χ0v) is 19.4. The highest BCUT2D eigenvalue weighted by molar-refractivity contribution is 14.0. The van der Waals surface area contributed by atoms with Gasteiger partial charge in [0.2, 0.25) is 5.91 Å². The molecule has 1 aromatic heterocycles. The fraction of sp³-hybridized carbons (Fsp3) is 0.684. The van der Waals surface area contributed by atoms with Gasteiger partial charge in [-0.1, -0.05) is 26.7 Å². The lowest BCUT2D eigenvalue weighted by Gasteiger charge is -2.27. The van der Waals surface area contributed by atoms with Crippen LogP contribution < -0.4 is 10.6 Å². The largest absolute Gasteiger partial charge is 0.357 e. The lowest BCUT2D eigenvalue weighted by atomic mass is 10.0. The van der Waals surface area contributed by atoms with E-state index in [1.54, 1.807) is 11.3 Å². The first-order valence-electron chi connectivity index (χ1n) is 9.53. The summed E-state index contributed by atoms with van der Waals surface area (Å²) in [6.45, 7) is 10.4. The molecule has 0 saturated carbocycles. The van der Waals surface area contributed by atoms with E-state index in [0.717, 1.165) is 51.4 Å². The van der Waals surface area contributed by atoms with E-state index in [0.29, 0.717) is 18.9 Å². The number of thiophene rings is 1. The second kappa shape index (κ2) is 12.5. The molecule has 1 aromatic rings. The van der Waals surface area contributed by atoms with Crippen LogP contribution in [-0.4, -0.2) is 42.9 Å². The number of amides is 1. The van der Waals surface area contributed by atoms with Crippen molar-refractivity contribution in [1.29, 1.82) is 0 Å². The van der Waals surface area contributed by atoms with Crippen LogP contribution >= 0.6 is 35.3 Å². The Hall–Kier alpha value is -0.830. The van der Waals surface area contributed by atoms with Crippen LogP contribution in [0.1, 0.15) is 50.5 Å². The summed E-state index contributed by atoms with van der Waals surface area (Å²) >= 11 is 1.80. The Bertz CT molecular complexity index is 572. The van der Waals surface area contributed by atoms with Crippen molar-refractivity contribution in [3.05, 3.63) is 21.9 Å². The molecule has 1 aliphatic rings. The van der Waals surface area contributed by atoms with Crippen LogP contribution in [-0.2, 0) is 17.8 Å². The number of rotatable bonds is 8. The molecule has 7 heteroatoms. The smallest absolute Gasteiger partial charge is 0.224 e. The lowest BCUT2D eigenvalue weighted by molar-refractivity contribution is -0.131. The lowest BCUT2D eigenvalue weighted by Crippen LogP contribution is -2.41. The summed E-state index contributed by atoms with van der Waals surface area (Å²) < 4.78 is 0.